The Morgan fingerprint density at radius 2 is 2.13 bits per heavy atom. The zero-order valence-electron chi connectivity index (χ0n) is 8.73. The summed E-state index contributed by atoms with van der Waals surface area (Å²) >= 11 is 0. The number of hydrogen-bond donors (Lipinski definition) is 0. The van der Waals surface area contributed by atoms with E-state index in [1.165, 1.54) is 0 Å². The van der Waals surface area contributed by atoms with Crippen LogP contribution < -0.4 is 0 Å². The summed E-state index contributed by atoms with van der Waals surface area (Å²) < 4.78 is 5.34. The number of fused-ring (bicyclic) bond motifs is 1. The quantitative estimate of drug-likeness (QED) is 0.712. The molecule has 0 aliphatic carbocycles. The smallest absolute Gasteiger partial charge is 0.265 e. The highest BCUT2D eigenvalue weighted by Crippen LogP contribution is 2.14. The van der Waals surface area contributed by atoms with Gasteiger partial charge in [-0.25, -0.2) is 4.98 Å². The minimum atomic E-state index is -0.101. The minimum Gasteiger partial charge on any atom is -0.434 e. The average Bonchev–Trinajstić information content (AvgIpc) is 2.59. The number of oxazole rings is 1. The molecule has 1 heterocycles. The number of benzene rings is 1. The molecular weight excluding hydrogens is 192 g/mol. The Kier molecular flexibility index (Phi) is 2.51. The second-order valence-corrected chi connectivity index (χ2v) is 3.65. The largest absolute Gasteiger partial charge is 0.434 e. The Balaban J connectivity index is 2.32. The molecular formula is C11H12N2O2. The number of ketones is 1. The third-order valence-corrected chi connectivity index (χ3v) is 1.99. The average molecular weight is 204 g/mol. The van der Waals surface area contributed by atoms with E-state index in [1.807, 2.05) is 32.3 Å². The predicted molar refractivity (Wildman–Crippen MR) is 56.9 cm³/mol. The molecule has 4 heteroatoms. The Hall–Kier alpha value is -1.68. The van der Waals surface area contributed by atoms with Crippen LogP contribution in [0.15, 0.2) is 28.7 Å². The molecule has 0 atom stereocenters. The van der Waals surface area contributed by atoms with Gasteiger partial charge < -0.3 is 9.32 Å². The maximum atomic E-state index is 11.6. The molecule has 0 amide bonds. The van der Waals surface area contributed by atoms with Crippen LogP contribution in [0, 0.1) is 0 Å². The van der Waals surface area contributed by atoms with Crippen molar-refractivity contribution in [3.8, 4) is 0 Å². The number of Topliss-reactive ketones (excluding diaryl/α,β-unsaturated/α-hetero) is 1. The van der Waals surface area contributed by atoms with Crippen molar-refractivity contribution >= 4 is 16.9 Å². The van der Waals surface area contributed by atoms with Gasteiger partial charge in [0.1, 0.15) is 5.52 Å². The summed E-state index contributed by atoms with van der Waals surface area (Å²) in [6, 6.07) is 7.35. The van der Waals surface area contributed by atoms with E-state index in [0.717, 1.165) is 5.52 Å². The van der Waals surface area contributed by atoms with Crippen LogP contribution in [0.3, 0.4) is 0 Å². The second-order valence-electron chi connectivity index (χ2n) is 3.65. The summed E-state index contributed by atoms with van der Waals surface area (Å²) in [5.41, 5.74) is 1.37. The van der Waals surface area contributed by atoms with E-state index >= 15 is 0 Å². The Morgan fingerprint density at radius 3 is 2.80 bits per heavy atom. The summed E-state index contributed by atoms with van der Waals surface area (Å²) in [6.07, 6.45) is 0. The first-order valence-corrected chi connectivity index (χ1v) is 4.70. The molecule has 15 heavy (non-hydrogen) atoms. The minimum absolute atomic E-state index is 0.101. The van der Waals surface area contributed by atoms with Gasteiger partial charge >= 0.3 is 0 Å². The summed E-state index contributed by atoms with van der Waals surface area (Å²) in [4.78, 5) is 17.5. The van der Waals surface area contributed by atoms with E-state index in [1.54, 1.807) is 11.0 Å². The molecule has 0 N–H and O–H groups in total. The zero-order chi connectivity index (χ0) is 10.8. The lowest BCUT2D eigenvalue weighted by molar-refractivity contribution is 0.0926. The first-order chi connectivity index (χ1) is 7.16. The fraction of sp³-hybridized carbons (Fsp3) is 0.273. The van der Waals surface area contributed by atoms with Gasteiger partial charge in [0, 0.05) is 0 Å². The first-order valence-electron chi connectivity index (χ1n) is 4.70. The Morgan fingerprint density at radius 1 is 1.40 bits per heavy atom. The fourth-order valence-corrected chi connectivity index (χ4v) is 1.35. The van der Waals surface area contributed by atoms with Gasteiger partial charge in [-0.2, -0.15) is 0 Å². The maximum Gasteiger partial charge on any atom is 0.265 e. The van der Waals surface area contributed by atoms with E-state index in [0.29, 0.717) is 12.1 Å². The number of carbonyl (C=O) groups is 1. The molecule has 0 aliphatic heterocycles. The lowest BCUT2D eigenvalue weighted by atomic mass is 10.3. The van der Waals surface area contributed by atoms with Crippen LogP contribution in [0.1, 0.15) is 10.7 Å². The standard InChI is InChI=1S/C11H12N2O2/c1-13(2)7-9(14)11-12-8-5-3-4-6-10(8)15-11/h3-6H,7H2,1-2H3. The van der Waals surface area contributed by atoms with Crippen molar-refractivity contribution in [1.82, 2.24) is 9.88 Å². The number of carbonyl (C=O) groups excluding carboxylic acids is 1. The van der Waals surface area contributed by atoms with E-state index in [9.17, 15) is 4.79 Å². The third-order valence-electron chi connectivity index (χ3n) is 1.99. The number of likely N-dealkylation sites (N-methyl/N-ethyl adjacent to an activating group) is 1. The van der Waals surface area contributed by atoms with Gasteiger partial charge in [-0.05, 0) is 26.2 Å². The summed E-state index contributed by atoms with van der Waals surface area (Å²) in [5.74, 6) is 0.0844. The van der Waals surface area contributed by atoms with Gasteiger partial charge in [0.25, 0.3) is 5.89 Å². The molecule has 0 saturated carbocycles. The van der Waals surface area contributed by atoms with Crippen LogP contribution in [0.25, 0.3) is 11.1 Å². The van der Waals surface area contributed by atoms with E-state index < -0.39 is 0 Å². The monoisotopic (exact) mass is 204 g/mol. The molecule has 2 aromatic rings. The topological polar surface area (TPSA) is 46.3 Å². The highest BCUT2D eigenvalue weighted by molar-refractivity contribution is 5.95. The van der Waals surface area contributed by atoms with Gasteiger partial charge in [0.15, 0.2) is 5.58 Å². The number of rotatable bonds is 3. The van der Waals surface area contributed by atoms with Crippen LogP contribution in [-0.4, -0.2) is 36.3 Å². The summed E-state index contributed by atoms with van der Waals surface area (Å²) in [6.45, 7) is 0.312. The molecule has 0 saturated heterocycles. The third kappa shape index (κ3) is 2.05. The lowest BCUT2D eigenvalue weighted by Gasteiger charge is -2.04. The Bertz CT molecular complexity index is 455. The number of nitrogens with zero attached hydrogens (tertiary/aromatic N) is 2. The van der Waals surface area contributed by atoms with Crippen molar-refractivity contribution in [2.45, 2.75) is 0 Å². The SMILES string of the molecule is CN(C)CC(=O)c1nc2ccccc2o1. The fourth-order valence-electron chi connectivity index (χ4n) is 1.35. The molecule has 4 nitrogen and oxygen atoms in total. The molecule has 78 valence electrons. The van der Waals surface area contributed by atoms with Crippen molar-refractivity contribution in [3.05, 3.63) is 30.2 Å². The Labute approximate surface area is 87.5 Å². The van der Waals surface area contributed by atoms with Crippen molar-refractivity contribution in [1.29, 1.82) is 0 Å². The molecule has 1 aromatic heterocycles. The first kappa shape index (κ1) is 9.86. The van der Waals surface area contributed by atoms with Gasteiger partial charge in [-0.3, -0.25) is 4.79 Å². The van der Waals surface area contributed by atoms with E-state index in [4.69, 9.17) is 4.42 Å². The van der Waals surface area contributed by atoms with Gasteiger partial charge in [-0.1, -0.05) is 12.1 Å². The molecule has 0 radical (unpaired) electrons. The molecule has 0 fully saturated rings. The molecule has 0 bridgehead atoms. The molecule has 1 aromatic carbocycles. The van der Waals surface area contributed by atoms with Crippen LogP contribution in [0.2, 0.25) is 0 Å². The molecule has 0 unspecified atom stereocenters. The number of hydrogen-bond acceptors (Lipinski definition) is 4. The zero-order valence-corrected chi connectivity index (χ0v) is 8.73. The molecule has 0 spiro atoms. The van der Waals surface area contributed by atoms with E-state index in [2.05, 4.69) is 4.98 Å². The van der Waals surface area contributed by atoms with Gasteiger partial charge in [0.05, 0.1) is 6.54 Å². The van der Waals surface area contributed by atoms with Crippen molar-refractivity contribution in [3.63, 3.8) is 0 Å². The van der Waals surface area contributed by atoms with Gasteiger partial charge in [-0.15, -0.1) is 0 Å². The molecule has 0 aliphatic rings. The van der Waals surface area contributed by atoms with Crippen LogP contribution in [-0.2, 0) is 0 Å². The normalized spacial score (nSPS) is 11.1. The summed E-state index contributed by atoms with van der Waals surface area (Å²) in [5, 5.41) is 0. The number of aromatic nitrogens is 1. The van der Waals surface area contributed by atoms with Crippen molar-refractivity contribution < 1.29 is 9.21 Å². The second kappa shape index (κ2) is 3.82. The highest BCUT2D eigenvalue weighted by atomic mass is 16.4. The number of para-hydroxylation sites is 2. The highest BCUT2D eigenvalue weighted by Gasteiger charge is 2.14. The summed E-state index contributed by atoms with van der Waals surface area (Å²) in [7, 11) is 3.67. The van der Waals surface area contributed by atoms with Crippen molar-refractivity contribution in [2.75, 3.05) is 20.6 Å². The molecule has 2 rings (SSSR count). The van der Waals surface area contributed by atoms with Crippen LogP contribution in [0.4, 0.5) is 0 Å². The van der Waals surface area contributed by atoms with Crippen LogP contribution in [0.5, 0.6) is 0 Å². The van der Waals surface area contributed by atoms with E-state index in [-0.39, 0.29) is 11.7 Å². The van der Waals surface area contributed by atoms with Gasteiger partial charge in [0.2, 0.25) is 5.78 Å². The van der Waals surface area contributed by atoms with Crippen molar-refractivity contribution in [2.24, 2.45) is 0 Å². The lowest BCUT2D eigenvalue weighted by Crippen LogP contribution is -2.21. The van der Waals surface area contributed by atoms with Crippen LogP contribution >= 0.6 is 0 Å². The maximum absolute atomic E-state index is 11.6. The predicted octanol–water partition coefficient (Wildman–Crippen LogP) is 1.57.